The molecule has 16 heavy (non-hydrogen) atoms. The van der Waals surface area contributed by atoms with Gasteiger partial charge in [0.25, 0.3) is 0 Å². The van der Waals surface area contributed by atoms with Crippen LogP contribution in [0, 0.1) is 5.92 Å². The van der Waals surface area contributed by atoms with Crippen molar-refractivity contribution in [3.8, 4) is 0 Å². The van der Waals surface area contributed by atoms with Gasteiger partial charge in [0.2, 0.25) is 0 Å². The van der Waals surface area contributed by atoms with Gasteiger partial charge in [0.1, 0.15) is 6.29 Å². The Balaban J connectivity index is 2.19. The average Bonchev–Trinajstić information content (AvgIpc) is 2.29. The van der Waals surface area contributed by atoms with Crippen LogP contribution in [0.25, 0.3) is 0 Å². The molecular weight excluding hydrogens is 220 g/mol. The van der Waals surface area contributed by atoms with E-state index in [-0.39, 0.29) is 0 Å². The number of rotatable bonds is 7. The van der Waals surface area contributed by atoms with Crippen molar-refractivity contribution in [1.29, 1.82) is 0 Å². The van der Waals surface area contributed by atoms with Crippen LogP contribution in [-0.2, 0) is 4.74 Å². The lowest BCUT2D eigenvalue weighted by Gasteiger charge is -2.06. The van der Waals surface area contributed by atoms with E-state index in [1.807, 2.05) is 24.3 Å². The van der Waals surface area contributed by atoms with Gasteiger partial charge in [-0.15, -0.1) is 11.8 Å². The number of carbonyl (C=O) groups is 1. The van der Waals surface area contributed by atoms with E-state index < -0.39 is 0 Å². The molecule has 0 aliphatic rings. The van der Waals surface area contributed by atoms with Crippen LogP contribution in [0.1, 0.15) is 24.2 Å². The monoisotopic (exact) mass is 238 g/mol. The maximum atomic E-state index is 10.5. The molecule has 0 N–H and O–H groups in total. The lowest BCUT2D eigenvalue weighted by Crippen LogP contribution is -2.04. The van der Waals surface area contributed by atoms with Crippen LogP contribution >= 0.6 is 11.8 Å². The van der Waals surface area contributed by atoms with E-state index >= 15 is 0 Å². The van der Waals surface area contributed by atoms with Crippen LogP contribution in [-0.4, -0.2) is 25.3 Å². The van der Waals surface area contributed by atoms with Crippen LogP contribution in [0.15, 0.2) is 29.2 Å². The second-order valence-corrected chi connectivity index (χ2v) is 5.17. The maximum absolute atomic E-state index is 10.5. The highest BCUT2D eigenvalue weighted by Crippen LogP contribution is 2.17. The van der Waals surface area contributed by atoms with E-state index in [0.29, 0.717) is 5.92 Å². The Bertz CT molecular complexity index is 306. The molecule has 0 aromatic heterocycles. The normalized spacial score (nSPS) is 10.7. The standard InChI is InChI=1S/C13H18O2S/c1-11(2)10-15-7-8-16-13-5-3-12(9-14)4-6-13/h3-6,9,11H,7-8,10H2,1-2H3. The molecule has 0 aliphatic heterocycles. The SMILES string of the molecule is CC(C)COCCSc1ccc(C=O)cc1. The number of carbonyl (C=O) groups excluding carboxylic acids is 1. The van der Waals surface area contributed by atoms with E-state index in [9.17, 15) is 4.79 Å². The highest BCUT2D eigenvalue weighted by Gasteiger charge is 1.96. The molecule has 0 aliphatic carbocycles. The van der Waals surface area contributed by atoms with Crippen molar-refractivity contribution < 1.29 is 9.53 Å². The summed E-state index contributed by atoms with van der Waals surface area (Å²) in [5, 5.41) is 0. The van der Waals surface area contributed by atoms with Gasteiger partial charge in [-0.1, -0.05) is 26.0 Å². The molecular formula is C13H18O2S. The Hall–Kier alpha value is -0.800. The largest absolute Gasteiger partial charge is 0.380 e. The van der Waals surface area contributed by atoms with Gasteiger partial charge in [-0.2, -0.15) is 0 Å². The van der Waals surface area contributed by atoms with Gasteiger partial charge in [-0.3, -0.25) is 4.79 Å². The third-order valence-electron chi connectivity index (χ3n) is 1.96. The first kappa shape index (κ1) is 13.3. The molecule has 0 bridgehead atoms. The molecule has 0 spiro atoms. The molecule has 0 atom stereocenters. The summed E-state index contributed by atoms with van der Waals surface area (Å²) in [5.74, 6) is 1.55. The molecule has 2 nitrogen and oxygen atoms in total. The van der Waals surface area contributed by atoms with Gasteiger partial charge in [-0.25, -0.2) is 0 Å². The molecule has 0 fully saturated rings. The Labute approximate surface area is 101 Å². The molecule has 1 rings (SSSR count). The molecule has 0 heterocycles. The van der Waals surface area contributed by atoms with Gasteiger partial charge in [0, 0.05) is 22.8 Å². The minimum atomic E-state index is 0.594. The molecule has 0 saturated heterocycles. The van der Waals surface area contributed by atoms with Crippen molar-refractivity contribution in [2.24, 2.45) is 5.92 Å². The third kappa shape index (κ3) is 5.33. The number of hydrogen-bond donors (Lipinski definition) is 0. The second kappa shape index (κ2) is 7.47. The van der Waals surface area contributed by atoms with Gasteiger partial charge in [0.05, 0.1) is 6.61 Å². The van der Waals surface area contributed by atoms with Crippen LogP contribution in [0.2, 0.25) is 0 Å². The summed E-state index contributed by atoms with van der Waals surface area (Å²) >= 11 is 1.75. The molecule has 1 aromatic rings. The fraction of sp³-hybridized carbons (Fsp3) is 0.462. The smallest absolute Gasteiger partial charge is 0.150 e. The zero-order valence-electron chi connectivity index (χ0n) is 9.81. The predicted molar refractivity (Wildman–Crippen MR) is 68.2 cm³/mol. The number of benzene rings is 1. The fourth-order valence-corrected chi connectivity index (χ4v) is 1.95. The summed E-state index contributed by atoms with van der Waals surface area (Å²) in [6.07, 6.45) is 0.861. The van der Waals surface area contributed by atoms with E-state index in [0.717, 1.165) is 30.8 Å². The topological polar surface area (TPSA) is 26.3 Å². The Morgan fingerprint density at radius 1 is 1.31 bits per heavy atom. The van der Waals surface area contributed by atoms with Crippen molar-refractivity contribution in [2.75, 3.05) is 19.0 Å². The maximum Gasteiger partial charge on any atom is 0.150 e. The summed E-state index contributed by atoms with van der Waals surface area (Å²) in [6, 6.07) is 7.61. The van der Waals surface area contributed by atoms with Crippen molar-refractivity contribution in [2.45, 2.75) is 18.7 Å². The molecule has 1 aromatic carbocycles. The minimum Gasteiger partial charge on any atom is -0.380 e. The molecule has 88 valence electrons. The lowest BCUT2D eigenvalue weighted by atomic mass is 10.2. The van der Waals surface area contributed by atoms with Gasteiger partial charge >= 0.3 is 0 Å². The molecule has 0 amide bonds. The summed E-state index contributed by atoms with van der Waals surface area (Å²) in [4.78, 5) is 11.6. The molecule has 3 heteroatoms. The van der Waals surface area contributed by atoms with E-state index in [1.54, 1.807) is 11.8 Å². The third-order valence-corrected chi connectivity index (χ3v) is 2.94. The lowest BCUT2D eigenvalue weighted by molar-refractivity contribution is 0.112. The summed E-state index contributed by atoms with van der Waals surface area (Å²) in [6.45, 7) is 5.89. The van der Waals surface area contributed by atoms with Crippen LogP contribution < -0.4 is 0 Å². The minimum absolute atomic E-state index is 0.594. The first-order valence-electron chi connectivity index (χ1n) is 5.48. The van der Waals surface area contributed by atoms with Crippen molar-refractivity contribution in [3.63, 3.8) is 0 Å². The van der Waals surface area contributed by atoms with Crippen LogP contribution in [0.4, 0.5) is 0 Å². The van der Waals surface area contributed by atoms with Crippen LogP contribution in [0.3, 0.4) is 0 Å². The second-order valence-electron chi connectivity index (χ2n) is 4.00. The average molecular weight is 238 g/mol. The Kier molecular flexibility index (Phi) is 6.19. The quantitative estimate of drug-likeness (QED) is 0.414. The van der Waals surface area contributed by atoms with Gasteiger partial charge in [-0.05, 0) is 18.1 Å². The van der Waals surface area contributed by atoms with Crippen molar-refractivity contribution in [3.05, 3.63) is 29.8 Å². The van der Waals surface area contributed by atoms with Crippen molar-refractivity contribution in [1.82, 2.24) is 0 Å². The predicted octanol–water partition coefficient (Wildman–Crippen LogP) is 3.26. The Morgan fingerprint density at radius 3 is 2.56 bits per heavy atom. The first-order valence-corrected chi connectivity index (χ1v) is 6.46. The van der Waals surface area contributed by atoms with Crippen LogP contribution in [0.5, 0.6) is 0 Å². The van der Waals surface area contributed by atoms with Gasteiger partial charge < -0.3 is 4.74 Å². The summed E-state index contributed by atoms with van der Waals surface area (Å²) < 4.78 is 5.48. The number of ether oxygens (including phenoxy) is 1. The molecule has 0 unspecified atom stereocenters. The molecule has 0 saturated carbocycles. The van der Waals surface area contributed by atoms with E-state index in [1.165, 1.54) is 4.90 Å². The van der Waals surface area contributed by atoms with E-state index in [2.05, 4.69) is 13.8 Å². The van der Waals surface area contributed by atoms with Gasteiger partial charge in [0.15, 0.2) is 0 Å². The zero-order valence-corrected chi connectivity index (χ0v) is 10.6. The summed E-state index contributed by atoms with van der Waals surface area (Å²) in [5.41, 5.74) is 0.723. The highest BCUT2D eigenvalue weighted by molar-refractivity contribution is 7.99. The zero-order chi connectivity index (χ0) is 11.8. The number of hydrogen-bond acceptors (Lipinski definition) is 3. The molecule has 0 radical (unpaired) electrons. The number of aldehydes is 1. The Morgan fingerprint density at radius 2 is 2.00 bits per heavy atom. The summed E-state index contributed by atoms with van der Waals surface area (Å²) in [7, 11) is 0. The number of thioether (sulfide) groups is 1. The fourth-order valence-electron chi connectivity index (χ4n) is 1.18. The van der Waals surface area contributed by atoms with Crippen molar-refractivity contribution >= 4 is 18.0 Å². The first-order chi connectivity index (χ1) is 7.72. The van der Waals surface area contributed by atoms with E-state index in [4.69, 9.17) is 4.74 Å². The highest BCUT2D eigenvalue weighted by atomic mass is 32.2.